The monoisotopic (exact) mass is 425 g/mol. The summed E-state index contributed by atoms with van der Waals surface area (Å²) in [6.07, 6.45) is 0. The Morgan fingerprint density at radius 3 is 2.74 bits per heavy atom. The Kier molecular flexibility index (Phi) is 4.01. The second-order valence-corrected chi connectivity index (χ2v) is 7.08. The summed E-state index contributed by atoms with van der Waals surface area (Å²) in [6.45, 7) is 0. The second-order valence-electron chi connectivity index (χ2n) is 6.22. The van der Waals surface area contributed by atoms with Gasteiger partial charge in [0.1, 0.15) is 23.2 Å². The first-order valence-corrected chi connectivity index (χ1v) is 8.87. The fourth-order valence-electron chi connectivity index (χ4n) is 3.45. The Labute approximate surface area is 162 Å². The molecule has 4 rings (SSSR count). The van der Waals surface area contributed by atoms with Crippen molar-refractivity contribution in [3.8, 4) is 11.8 Å². The highest BCUT2D eigenvalue weighted by Crippen LogP contribution is 2.43. The number of rotatable bonds is 1. The number of pyridine rings is 1. The average Bonchev–Trinajstić information content (AvgIpc) is 2.67. The standard InChI is InChI=1S/C20H13BrFN3O2/c1-25-15-5-3-2-4-11(15)18-17(20(25)26)16(12(9-23)19(24)27-18)10-6-7-14(22)13(21)8-10/h2-8,16H,24H2,1H3/t16-/m1/s1. The second kappa shape index (κ2) is 6.25. The summed E-state index contributed by atoms with van der Waals surface area (Å²) in [5.74, 6) is -0.920. The molecule has 0 saturated heterocycles. The molecule has 2 N–H and O–H groups in total. The molecule has 134 valence electrons. The van der Waals surface area contributed by atoms with Crippen molar-refractivity contribution >= 4 is 26.8 Å². The predicted octanol–water partition coefficient (Wildman–Crippen LogP) is 3.66. The maximum Gasteiger partial charge on any atom is 0.258 e. The third-order valence-corrected chi connectivity index (χ3v) is 5.35. The van der Waals surface area contributed by atoms with Crippen molar-refractivity contribution in [2.75, 3.05) is 0 Å². The molecular weight excluding hydrogens is 413 g/mol. The highest BCUT2D eigenvalue weighted by Gasteiger charge is 2.35. The van der Waals surface area contributed by atoms with Gasteiger partial charge in [-0.05, 0) is 45.8 Å². The van der Waals surface area contributed by atoms with Gasteiger partial charge < -0.3 is 15.0 Å². The number of benzene rings is 2. The first kappa shape index (κ1) is 17.3. The number of nitrogens with two attached hydrogens (primary N) is 1. The largest absolute Gasteiger partial charge is 0.439 e. The number of hydrogen-bond donors (Lipinski definition) is 1. The van der Waals surface area contributed by atoms with Crippen LogP contribution in [0.15, 0.2) is 63.2 Å². The van der Waals surface area contributed by atoms with Gasteiger partial charge in [-0.1, -0.05) is 18.2 Å². The molecule has 0 radical (unpaired) electrons. The molecule has 0 fully saturated rings. The molecule has 0 spiro atoms. The average molecular weight is 426 g/mol. The van der Waals surface area contributed by atoms with Crippen LogP contribution in [0.1, 0.15) is 17.0 Å². The molecular formula is C20H13BrFN3O2. The van der Waals surface area contributed by atoms with E-state index in [9.17, 15) is 14.4 Å². The van der Waals surface area contributed by atoms with Crippen molar-refractivity contribution in [3.05, 3.63) is 85.7 Å². The molecule has 0 unspecified atom stereocenters. The summed E-state index contributed by atoms with van der Waals surface area (Å²) in [5.41, 5.74) is 7.41. The van der Waals surface area contributed by atoms with Gasteiger partial charge in [-0.25, -0.2) is 4.39 Å². The van der Waals surface area contributed by atoms with E-state index in [1.165, 1.54) is 10.6 Å². The summed E-state index contributed by atoms with van der Waals surface area (Å²) in [6, 6.07) is 13.7. The van der Waals surface area contributed by atoms with E-state index >= 15 is 0 Å². The lowest BCUT2D eigenvalue weighted by molar-refractivity contribution is 0.396. The Balaban J connectivity index is 2.13. The summed E-state index contributed by atoms with van der Waals surface area (Å²) in [5, 5.41) is 10.4. The van der Waals surface area contributed by atoms with Crippen molar-refractivity contribution in [1.29, 1.82) is 5.26 Å². The Bertz CT molecular complexity index is 1240. The Morgan fingerprint density at radius 2 is 2.04 bits per heavy atom. The Hall–Kier alpha value is -3.11. The fourth-order valence-corrected chi connectivity index (χ4v) is 3.85. The maximum absolute atomic E-state index is 13.7. The molecule has 0 aliphatic carbocycles. The lowest BCUT2D eigenvalue weighted by Gasteiger charge is -2.27. The van der Waals surface area contributed by atoms with E-state index in [2.05, 4.69) is 15.9 Å². The van der Waals surface area contributed by atoms with Gasteiger partial charge in [0.25, 0.3) is 5.56 Å². The smallest absolute Gasteiger partial charge is 0.258 e. The highest BCUT2D eigenvalue weighted by molar-refractivity contribution is 9.10. The molecule has 5 nitrogen and oxygen atoms in total. The lowest BCUT2D eigenvalue weighted by atomic mass is 9.83. The van der Waals surface area contributed by atoms with Crippen molar-refractivity contribution in [3.63, 3.8) is 0 Å². The van der Waals surface area contributed by atoms with Crippen LogP contribution >= 0.6 is 15.9 Å². The van der Waals surface area contributed by atoms with Crippen LogP contribution < -0.4 is 16.0 Å². The van der Waals surface area contributed by atoms with Crippen LogP contribution in [0.25, 0.3) is 10.9 Å². The zero-order chi connectivity index (χ0) is 19.3. The molecule has 0 bridgehead atoms. The van der Waals surface area contributed by atoms with Gasteiger partial charge >= 0.3 is 0 Å². The quantitative estimate of drug-likeness (QED) is 0.644. The summed E-state index contributed by atoms with van der Waals surface area (Å²) < 4.78 is 21.2. The van der Waals surface area contributed by atoms with Crippen molar-refractivity contribution in [2.45, 2.75) is 5.92 Å². The number of fused-ring (bicyclic) bond motifs is 3. The van der Waals surface area contributed by atoms with Crippen LogP contribution in [0.5, 0.6) is 5.75 Å². The topological polar surface area (TPSA) is 81.0 Å². The van der Waals surface area contributed by atoms with Gasteiger partial charge in [-0.2, -0.15) is 5.26 Å². The molecule has 0 amide bonds. The summed E-state index contributed by atoms with van der Waals surface area (Å²) >= 11 is 3.16. The van der Waals surface area contributed by atoms with Gasteiger partial charge in [0, 0.05) is 12.4 Å². The number of aromatic nitrogens is 1. The minimum atomic E-state index is -0.751. The first-order chi connectivity index (χ1) is 12.9. The molecule has 27 heavy (non-hydrogen) atoms. The van der Waals surface area contributed by atoms with Gasteiger partial charge in [0.2, 0.25) is 5.88 Å². The first-order valence-electron chi connectivity index (χ1n) is 8.08. The van der Waals surface area contributed by atoms with E-state index in [0.717, 1.165) is 0 Å². The van der Waals surface area contributed by atoms with Crippen LogP contribution in [0.3, 0.4) is 0 Å². The summed E-state index contributed by atoms with van der Waals surface area (Å²) in [4.78, 5) is 13.2. The van der Waals surface area contributed by atoms with Gasteiger partial charge in [-0.3, -0.25) is 4.79 Å². The van der Waals surface area contributed by atoms with Crippen LogP contribution in [0, 0.1) is 17.1 Å². The normalized spacial score (nSPS) is 16.0. The number of nitriles is 1. The van der Waals surface area contributed by atoms with Crippen LogP contribution in [-0.4, -0.2) is 4.57 Å². The van der Waals surface area contributed by atoms with E-state index < -0.39 is 11.7 Å². The van der Waals surface area contributed by atoms with Gasteiger partial charge in [0.05, 0.1) is 21.5 Å². The van der Waals surface area contributed by atoms with E-state index in [0.29, 0.717) is 27.8 Å². The van der Waals surface area contributed by atoms with Crippen molar-refractivity contribution in [2.24, 2.45) is 12.8 Å². The molecule has 1 atom stereocenters. The number of ether oxygens (including phenoxy) is 1. The van der Waals surface area contributed by atoms with E-state index in [-0.39, 0.29) is 21.5 Å². The maximum atomic E-state index is 13.7. The SMILES string of the molecule is Cn1c(=O)c2c(c3ccccc31)OC(N)=C(C#N)[C@H]2c1ccc(F)c(Br)c1. The lowest BCUT2D eigenvalue weighted by Crippen LogP contribution is -2.31. The van der Waals surface area contributed by atoms with Crippen molar-refractivity contribution < 1.29 is 9.13 Å². The summed E-state index contributed by atoms with van der Waals surface area (Å²) in [7, 11) is 1.66. The van der Waals surface area contributed by atoms with Crippen molar-refractivity contribution in [1.82, 2.24) is 4.57 Å². The molecule has 7 heteroatoms. The number of hydrogen-bond acceptors (Lipinski definition) is 4. The number of halogens is 2. The zero-order valence-electron chi connectivity index (χ0n) is 14.2. The van der Waals surface area contributed by atoms with Crippen LogP contribution in [0.2, 0.25) is 0 Å². The number of nitrogens with zero attached hydrogens (tertiary/aromatic N) is 2. The van der Waals surface area contributed by atoms with Crippen LogP contribution in [0.4, 0.5) is 4.39 Å². The van der Waals surface area contributed by atoms with Gasteiger partial charge in [0.15, 0.2) is 0 Å². The van der Waals surface area contributed by atoms with E-state index in [4.69, 9.17) is 10.5 Å². The zero-order valence-corrected chi connectivity index (χ0v) is 15.7. The highest BCUT2D eigenvalue weighted by atomic mass is 79.9. The molecule has 1 aromatic heterocycles. The third kappa shape index (κ3) is 2.53. The van der Waals surface area contributed by atoms with E-state index in [1.807, 2.05) is 30.3 Å². The molecule has 1 aliphatic heterocycles. The third-order valence-electron chi connectivity index (χ3n) is 4.74. The Morgan fingerprint density at radius 1 is 1.30 bits per heavy atom. The molecule has 3 aromatic rings. The fraction of sp³-hybridized carbons (Fsp3) is 0.100. The van der Waals surface area contributed by atoms with Gasteiger partial charge in [-0.15, -0.1) is 0 Å². The van der Waals surface area contributed by atoms with Crippen LogP contribution in [-0.2, 0) is 7.05 Å². The molecule has 0 saturated carbocycles. The minimum absolute atomic E-state index is 0.0612. The molecule has 2 heterocycles. The molecule has 2 aromatic carbocycles. The number of para-hydroxylation sites is 1. The molecule has 1 aliphatic rings. The number of allylic oxidation sites excluding steroid dienone is 1. The minimum Gasteiger partial charge on any atom is -0.439 e. The predicted molar refractivity (Wildman–Crippen MR) is 103 cm³/mol. The number of aryl methyl sites for hydroxylation is 1. The van der Waals surface area contributed by atoms with E-state index in [1.54, 1.807) is 19.2 Å².